The maximum atomic E-state index is 12.1. The van der Waals surface area contributed by atoms with Crippen molar-refractivity contribution in [3.05, 3.63) is 71.3 Å². The number of methoxy groups -OCH3 is 1. The summed E-state index contributed by atoms with van der Waals surface area (Å²) >= 11 is 0. The van der Waals surface area contributed by atoms with Gasteiger partial charge in [-0.3, -0.25) is 9.59 Å². The molecule has 0 saturated carbocycles. The molecule has 0 unspecified atom stereocenters. The zero-order valence-electron chi connectivity index (χ0n) is 15.4. The van der Waals surface area contributed by atoms with Crippen molar-refractivity contribution in [1.82, 2.24) is 5.32 Å². The van der Waals surface area contributed by atoms with Crippen molar-refractivity contribution in [2.24, 2.45) is 0 Å². The summed E-state index contributed by atoms with van der Waals surface area (Å²) in [5.41, 5.74) is 2.10. The Morgan fingerprint density at radius 3 is 2.37 bits per heavy atom. The van der Waals surface area contributed by atoms with E-state index in [0.29, 0.717) is 18.6 Å². The van der Waals surface area contributed by atoms with Gasteiger partial charge in [0, 0.05) is 7.11 Å². The van der Waals surface area contributed by atoms with E-state index < -0.39 is 24.5 Å². The van der Waals surface area contributed by atoms with Crippen LogP contribution in [0.15, 0.2) is 54.6 Å². The second-order valence-corrected chi connectivity index (χ2v) is 6.13. The van der Waals surface area contributed by atoms with Crippen LogP contribution in [0.5, 0.6) is 0 Å². The molecule has 27 heavy (non-hydrogen) atoms. The van der Waals surface area contributed by atoms with Gasteiger partial charge < -0.3 is 14.8 Å². The lowest BCUT2D eigenvalue weighted by molar-refractivity contribution is -0.128. The predicted molar refractivity (Wildman–Crippen MR) is 100 cm³/mol. The van der Waals surface area contributed by atoms with Gasteiger partial charge in [0.1, 0.15) is 0 Å². The van der Waals surface area contributed by atoms with E-state index >= 15 is 0 Å². The van der Waals surface area contributed by atoms with E-state index in [2.05, 4.69) is 5.32 Å². The fourth-order valence-corrected chi connectivity index (χ4v) is 2.55. The first-order valence-electron chi connectivity index (χ1n) is 8.58. The SMILES string of the molecule is COCc1cccc(C(=O)OCC(=O)N[C@@H](Cc2ccccc2)C(C)=O)c1. The number of hydrogen-bond acceptors (Lipinski definition) is 5. The number of Topliss-reactive ketones (excluding diaryl/α,β-unsaturated/α-hetero) is 1. The van der Waals surface area contributed by atoms with Crippen LogP contribution < -0.4 is 5.32 Å². The minimum absolute atomic E-state index is 0.161. The fraction of sp³-hybridized carbons (Fsp3) is 0.286. The monoisotopic (exact) mass is 369 g/mol. The van der Waals surface area contributed by atoms with Crippen LogP contribution in [0.2, 0.25) is 0 Å². The van der Waals surface area contributed by atoms with Crippen LogP contribution in [-0.4, -0.2) is 37.4 Å². The molecule has 6 nitrogen and oxygen atoms in total. The Kier molecular flexibility index (Phi) is 7.70. The lowest BCUT2D eigenvalue weighted by atomic mass is 10.0. The van der Waals surface area contributed by atoms with Crippen LogP contribution in [-0.2, 0) is 32.1 Å². The third kappa shape index (κ3) is 6.67. The van der Waals surface area contributed by atoms with Gasteiger partial charge in [0.2, 0.25) is 0 Å². The molecule has 2 aromatic carbocycles. The first kappa shape index (κ1) is 20.3. The number of carbonyl (C=O) groups excluding carboxylic acids is 3. The molecule has 0 radical (unpaired) electrons. The smallest absolute Gasteiger partial charge is 0.338 e. The number of ether oxygens (including phenoxy) is 2. The van der Waals surface area contributed by atoms with Gasteiger partial charge in [0.15, 0.2) is 12.4 Å². The van der Waals surface area contributed by atoms with E-state index in [9.17, 15) is 14.4 Å². The fourth-order valence-electron chi connectivity index (χ4n) is 2.55. The first-order valence-corrected chi connectivity index (χ1v) is 8.58. The average Bonchev–Trinajstić information content (AvgIpc) is 2.67. The number of amides is 1. The van der Waals surface area contributed by atoms with Crippen LogP contribution in [0.1, 0.15) is 28.4 Å². The zero-order chi connectivity index (χ0) is 19.6. The highest BCUT2D eigenvalue weighted by atomic mass is 16.5. The molecule has 142 valence electrons. The van der Waals surface area contributed by atoms with E-state index in [-0.39, 0.29) is 5.78 Å². The number of benzene rings is 2. The lowest BCUT2D eigenvalue weighted by Gasteiger charge is -2.16. The summed E-state index contributed by atoms with van der Waals surface area (Å²) in [6, 6.07) is 15.5. The molecule has 2 rings (SSSR count). The highest BCUT2D eigenvalue weighted by Crippen LogP contribution is 2.08. The number of nitrogens with one attached hydrogen (secondary N) is 1. The van der Waals surface area contributed by atoms with Crippen molar-refractivity contribution in [2.45, 2.75) is 26.0 Å². The Morgan fingerprint density at radius 2 is 1.70 bits per heavy atom. The number of esters is 1. The Labute approximate surface area is 158 Å². The number of carbonyl (C=O) groups is 3. The molecular formula is C21H23NO5. The third-order valence-electron chi connectivity index (χ3n) is 3.92. The second kappa shape index (κ2) is 10.2. The van der Waals surface area contributed by atoms with Gasteiger partial charge in [-0.25, -0.2) is 4.79 Å². The van der Waals surface area contributed by atoms with Crippen molar-refractivity contribution < 1.29 is 23.9 Å². The van der Waals surface area contributed by atoms with Crippen molar-refractivity contribution in [1.29, 1.82) is 0 Å². The highest BCUT2D eigenvalue weighted by molar-refractivity contribution is 5.92. The molecule has 1 N–H and O–H groups in total. The van der Waals surface area contributed by atoms with E-state index in [1.165, 1.54) is 6.92 Å². The van der Waals surface area contributed by atoms with Crippen molar-refractivity contribution >= 4 is 17.7 Å². The first-order chi connectivity index (χ1) is 13.0. The zero-order valence-corrected chi connectivity index (χ0v) is 15.4. The maximum Gasteiger partial charge on any atom is 0.338 e. The minimum Gasteiger partial charge on any atom is -0.452 e. The summed E-state index contributed by atoms with van der Waals surface area (Å²) in [6.45, 7) is 1.34. The predicted octanol–water partition coefficient (Wildman–Crippen LogP) is 2.31. The molecule has 0 spiro atoms. The van der Waals surface area contributed by atoms with E-state index in [4.69, 9.17) is 9.47 Å². The van der Waals surface area contributed by atoms with Gasteiger partial charge in [-0.05, 0) is 36.6 Å². The van der Waals surface area contributed by atoms with Crippen LogP contribution in [0.4, 0.5) is 0 Å². The van der Waals surface area contributed by atoms with Crippen molar-refractivity contribution in [3.63, 3.8) is 0 Å². The molecule has 2 aromatic rings. The largest absolute Gasteiger partial charge is 0.452 e. The van der Waals surface area contributed by atoms with Gasteiger partial charge in [-0.2, -0.15) is 0 Å². The summed E-state index contributed by atoms with van der Waals surface area (Å²) in [6.07, 6.45) is 0.384. The van der Waals surface area contributed by atoms with Gasteiger partial charge in [0.25, 0.3) is 5.91 Å². The summed E-state index contributed by atoms with van der Waals surface area (Å²) in [5, 5.41) is 2.62. The number of rotatable bonds is 9. The molecule has 1 atom stereocenters. The highest BCUT2D eigenvalue weighted by Gasteiger charge is 2.19. The van der Waals surface area contributed by atoms with Gasteiger partial charge in [0.05, 0.1) is 18.2 Å². The van der Waals surface area contributed by atoms with Gasteiger partial charge in [-0.1, -0.05) is 42.5 Å². The van der Waals surface area contributed by atoms with E-state index in [1.54, 1.807) is 25.3 Å². The molecule has 0 fully saturated rings. The number of ketones is 1. The Morgan fingerprint density at radius 1 is 1.00 bits per heavy atom. The van der Waals surface area contributed by atoms with Crippen molar-refractivity contribution in [3.8, 4) is 0 Å². The van der Waals surface area contributed by atoms with Crippen LogP contribution in [0, 0.1) is 0 Å². The summed E-state index contributed by atoms with van der Waals surface area (Å²) in [4.78, 5) is 36.0. The van der Waals surface area contributed by atoms with Crippen LogP contribution >= 0.6 is 0 Å². The summed E-state index contributed by atoms with van der Waals surface area (Å²) in [7, 11) is 1.57. The molecule has 0 aliphatic rings. The van der Waals surface area contributed by atoms with E-state index in [1.807, 2.05) is 36.4 Å². The molecule has 0 heterocycles. The van der Waals surface area contributed by atoms with E-state index in [0.717, 1.165) is 11.1 Å². The van der Waals surface area contributed by atoms with Crippen LogP contribution in [0.25, 0.3) is 0 Å². The summed E-state index contributed by atoms with van der Waals surface area (Å²) < 4.78 is 10.1. The maximum absolute atomic E-state index is 12.1. The normalized spacial score (nSPS) is 11.5. The molecule has 6 heteroatoms. The van der Waals surface area contributed by atoms with Gasteiger partial charge in [-0.15, -0.1) is 0 Å². The Bertz CT molecular complexity index is 788. The molecule has 1 amide bonds. The molecule has 0 aromatic heterocycles. The van der Waals surface area contributed by atoms with Gasteiger partial charge >= 0.3 is 5.97 Å². The Balaban J connectivity index is 1.89. The van der Waals surface area contributed by atoms with Crippen molar-refractivity contribution in [2.75, 3.05) is 13.7 Å². The third-order valence-corrected chi connectivity index (χ3v) is 3.92. The average molecular weight is 369 g/mol. The molecular weight excluding hydrogens is 346 g/mol. The molecule has 0 aliphatic heterocycles. The summed E-state index contributed by atoms with van der Waals surface area (Å²) in [5.74, 6) is -1.29. The topological polar surface area (TPSA) is 81.7 Å². The second-order valence-electron chi connectivity index (χ2n) is 6.13. The number of hydrogen-bond donors (Lipinski definition) is 1. The molecule has 0 aliphatic carbocycles. The molecule has 0 bridgehead atoms. The molecule has 0 saturated heterocycles. The minimum atomic E-state index is -0.663. The lowest BCUT2D eigenvalue weighted by Crippen LogP contribution is -2.43. The Hall–Kier alpha value is -2.99. The van der Waals surface area contributed by atoms with Crippen LogP contribution in [0.3, 0.4) is 0 Å². The standard InChI is InChI=1S/C21H23NO5/c1-15(23)19(12-16-7-4-3-5-8-16)22-20(24)14-27-21(25)18-10-6-9-17(11-18)13-26-2/h3-11,19H,12-14H2,1-2H3,(H,22,24)/t19-/m0/s1. The quantitative estimate of drug-likeness (QED) is 0.686.